The highest BCUT2D eigenvalue weighted by molar-refractivity contribution is 5.21. The molecule has 0 aliphatic heterocycles. The highest BCUT2D eigenvalue weighted by Crippen LogP contribution is 2.17. The minimum absolute atomic E-state index is 0.326. The molecule has 108 valence electrons. The van der Waals surface area contributed by atoms with Crippen LogP contribution in [-0.2, 0) is 0 Å². The van der Waals surface area contributed by atoms with E-state index in [4.69, 9.17) is 5.73 Å². The van der Waals surface area contributed by atoms with Crippen LogP contribution in [0.4, 0.5) is 8.78 Å². The molecule has 0 radical (unpaired) electrons. The largest absolute Gasteiger partial charge is 0.393 e. The minimum Gasteiger partial charge on any atom is -0.393 e. The molecule has 0 bridgehead atoms. The zero-order valence-corrected chi connectivity index (χ0v) is 11.4. The van der Waals surface area contributed by atoms with Crippen LogP contribution >= 0.6 is 0 Å². The molecule has 0 amide bonds. The highest BCUT2D eigenvalue weighted by atomic mass is 19.1. The summed E-state index contributed by atoms with van der Waals surface area (Å²) in [6, 6.07) is 2.98. The van der Waals surface area contributed by atoms with Crippen LogP contribution in [0, 0.1) is 11.6 Å². The van der Waals surface area contributed by atoms with Gasteiger partial charge in [0.05, 0.1) is 6.10 Å². The third kappa shape index (κ3) is 6.09. The van der Waals surface area contributed by atoms with Gasteiger partial charge in [-0.15, -0.1) is 0 Å². The van der Waals surface area contributed by atoms with E-state index in [1.807, 2.05) is 11.9 Å². The van der Waals surface area contributed by atoms with E-state index in [9.17, 15) is 13.9 Å². The number of hydrogen-bond acceptors (Lipinski definition) is 3. The van der Waals surface area contributed by atoms with Crippen LogP contribution in [0.3, 0.4) is 0 Å². The maximum Gasteiger partial charge on any atom is 0.126 e. The molecule has 2 atom stereocenters. The fraction of sp³-hybridized carbons (Fsp3) is 0.571. The van der Waals surface area contributed by atoms with Crippen LogP contribution in [0.2, 0.25) is 0 Å². The van der Waals surface area contributed by atoms with Gasteiger partial charge in [0.25, 0.3) is 0 Å². The van der Waals surface area contributed by atoms with Crippen molar-refractivity contribution < 1.29 is 13.9 Å². The Labute approximate surface area is 113 Å². The molecule has 0 aliphatic carbocycles. The van der Waals surface area contributed by atoms with Crippen molar-refractivity contribution in [3.8, 4) is 0 Å². The smallest absolute Gasteiger partial charge is 0.126 e. The standard InChI is InChI=1S/C14H22F2N2O/c1-10(19)3-5-18(2)6-4-14(17)11-7-12(15)9-13(16)8-11/h7-10,14,19H,3-6,17H2,1-2H3. The first-order chi connectivity index (χ1) is 8.88. The van der Waals surface area contributed by atoms with E-state index < -0.39 is 11.6 Å². The SMILES string of the molecule is CC(O)CCN(C)CCC(N)c1cc(F)cc(F)c1. The van der Waals surface area contributed by atoms with Gasteiger partial charge in [-0.2, -0.15) is 0 Å². The van der Waals surface area contributed by atoms with Gasteiger partial charge in [0.1, 0.15) is 11.6 Å². The van der Waals surface area contributed by atoms with Crippen LogP contribution in [-0.4, -0.2) is 36.2 Å². The van der Waals surface area contributed by atoms with Crippen molar-refractivity contribution in [2.45, 2.75) is 31.9 Å². The van der Waals surface area contributed by atoms with Gasteiger partial charge in [0, 0.05) is 18.7 Å². The summed E-state index contributed by atoms with van der Waals surface area (Å²) in [5.74, 6) is -1.21. The topological polar surface area (TPSA) is 49.5 Å². The first-order valence-electron chi connectivity index (χ1n) is 6.46. The maximum atomic E-state index is 13.1. The molecule has 1 aromatic rings. The number of nitrogens with zero attached hydrogens (tertiary/aromatic N) is 1. The molecule has 0 heterocycles. The lowest BCUT2D eigenvalue weighted by Crippen LogP contribution is -2.26. The number of rotatable bonds is 7. The first-order valence-corrected chi connectivity index (χ1v) is 6.46. The van der Waals surface area contributed by atoms with Gasteiger partial charge in [-0.1, -0.05) is 0 Å². The van der Waals surface area contributed by atoms with E-state index in [0.29, 0.717) is 24.9 Å². The minimum atomic E-state index is -0.604. The molecular formula is C14H22F2N2O. The molecule has 1 rings (SSSR count). The third-order valence-corrected chi connectivity index (χ3v) is 3.06. The molecule has 1 aromatic carbocycles. The van der Waals surface area contributed by atoms with Crippen molar-refractivity contribution in [1.82, 2.24) is 4.90 Å². The Hall–Kier alpha value is -1.04. The summed E-state index contributed by atoms with van der Waals surface area (Å²) in [7, 11) is 1.93. The summed E-state index contributed by atoms with van der Waals surface area (Å²) in [6.45, 7) is 3.23. The summed E-state index contributed by atoms with van der Waals surface area (Å²) in [5, 5.41) is 9.18. The average molecular weight is 272 g/mol. The normalized spacial score (nSPS) is 14.7. The Balaban J connectivity index is 2.44. The van der Waals surface area contributed by atoms with Crippen LogP contribution in [0.15, 0.2) is 18.2 Å². The van der Waals surface area contributed by atoms with E-state index in [-0.39, 0.29) is 12.1 Å². The van der Waals surface area contributed by atoms with Crippen LogP contribution in [0.25, 0.3) is 0 Å². The van der Waals surface area contributed by atoms with Crippen molar-refractivity contribution in [2.75, 3.05) is 20.1 Å². The third-order valence-electron chi connectivity index (χ3n) is 3.06. The lowest BCUT2D eigenvalue weighted by Gasteiger charge is -2.20. The number of aliphatic hydroxyl groups excluding tert-OH is 1. The zero-order valence-electron chi connectivity index (χ0n) is 11.4. The summed E-state index contributed by atoms with van der Waals surface area (Å²) in [4.78, 5) is 2.04. The zero-order chi connectivity index (χ0) is 14.4. The van der Waals surface area contributed by atoms with E-state index in [0.717, 1.165) is 12.6 Å². The second-order valence-electron chi connectivity index (χ2n) is 5.04. The molecule has 0 fully saturated rings. The van der Waals surface area contributed by atoms with Gasteiger partial charge in [-0.05, 0) is 51.1 Å². The van der Waals surface area contributed by atoms with Gasteiger partial charge < -0.3 is 15.7 Å². The summed E-state index contributed by atoms with van der Waals surface area (Å²) in [6.07, 6.45) is 0.980. The summed E-state index contributed by atoms with van der Waals surface area (Å²) in [5.41, 5.74) is 6.40. The molecule has 0 spiro atoms. The summed E-state index contributed by atoms with van der Waals surface area (Å²) < 4.78 is 26.1. The number of halogens is 2. The van der Waals surface area contributed by atoms with Crippen LogP contribution in [0.1, 0.15) is 31.4 Å². The number of aliphatic hydroxyl groups is 1. The number of nitrogens with two attached hydrogens (primary N) is 1. The average Bonchev–Trinajstić information content (AvgIpc) is 2.32. The molecule has 3 N–H and O–H groups in total. The molecule has 0 aliphatic rings. The van der Waals surface area contributed by atoms with E-state index in [1.165, 1.54) is 12.1 Å². The van der Waals surface area contributed by atoms with Crippen molar-refractivity contribution in [3.05, 3.63) is 35.4 Å². The quantitative estimate of drug-likeness (QED) is 0.799. The van der Waals surface area contributed by atoms with E-state index in [2.05, 4.69) is 0 Å². The number of benzene rings is 1. The predicted octanol–water partition coefficient (Wildman–Crippen LogP) is 2.06. The molecule has 0 saturated heterocycles. The van der Waals surface area contributed by atoms with Crippen LogP contribution < -0.4 is 5.73 Å². The second-order valence-corrected chi connectivity index (χ2v) is 5.04. The van der Waals surface area contributed by atoms with Crippen LogP contribution in [0.5, 0.6) is 0 Å². The molecule has 5 heteroatoms. The lowest BCUT2D eigenvalue weighted by atomic mass is 10.0. The molecular weight excluding hydrogens is 250 g/mol. The Morgan fingerprint density at radius 3 is 2.21 bits per heavy atom. The summed E-state index contributed by atoms with van der Waals surface area (Å²) >= 11 is 0. The van der Waals surface area contributed by atoms with Crippen molar-refractivity contribution in [3.63, 3.8) is 0 Å². The van der Waals surface area contributed by atoms with E-state index in [1.54, 1.807) is 6.92 Å². The Bertz CT molecular complexity index is 379. The fourth-order valence-corrected chi connectivity index (χ4v) is 1.83. The Morgan fingerprint density at radius 2 is 1.68 bits per heavy atom. The molecule has 19 heavy (non-hydrogen) atoms. The van der Waals surface area contributed by atoms with Gasteiger partial charge in [-0.25, -0.2) is 8.78 Å². The van der Waals surface area contributed by atoms with Gasteiger partial charge in [0.15, 0.2) is 0 Å². The van der Waals surface area contributed by atoms with Gasteiger partial charge >= 0.3 is 0 Å². The Morgan fingerprint density at radius 1 is 1.16 bits per heavy atom. The van der Waals surface area contributed by atoms with Crippen molar-refractivity contribution in [2.24, 2.45) is 5.73 Å². The van der Waals surface area contributed by atoms with Gasteiger partial charge in [0.2, 0.25) is 0 Å². The first kappa shape index (κ1) is 16.0. The Kier molecular flexibility index (Phi) is 6.34. The molecule has 0 saturated carbocycles. The van der Waals surface area contributed by atoms with Crippen molar-refractivity contribution >= 4 is 0 Å². The molecule has 0 aromatic heterocycles. The van der Waals surface area contributed by atoms with E-state index >= 15 is 0 Å². The lowest BCUT2D eigenvalue weighted by molar-refractivity contribution is 0.163. The maximum absolute atomic E-state index is 13.1. The van der Waals surface area contributed by atoms with Crippen molar-refractivity contribution in [1.29, 1.82) is 0 Å². The number of hydrogen-bond donors (Lipinski definition) is 2. The second kappa shape index (κ2) is 7.53. The highest BCUT2D eigenvalue weighted by Gasteiger charge is 2.10. The monoisotopic (exact) mass is 272 g/mol. The molecule has 2 unspecified atom stereocenters. The molecule has 3 nitrogen and oxygen atoms in total. The predicted molar refractivity (Wildman–Crippen MR) is 71.7 cm³/mol. The van der Waals surface area contributed by atoms with Gasteiger partial charge in [-0.3, -0.25) is 0 Å². The fourth-order valence-electron chi connectivity index (χ4n) is 1.83.